The lowest BCUT2D eigenvalue weighted by atomic mass is 10.2. The maximum Gasteiger partial charge on any atom is 0.252 e. The first-order chi connectivity index (χ1) is 8.75. The first kappa shape index (κ1) is 11.5. The minimum Gasteiger partial charge on any atom is -0.368 e. The van der Waals surface area contributed by atoms with Gasteiger partial charge in [0.05, 0.1) is 11.3 Å². The molecule has 96 valence electrons. The van der Waals surface area contributed by atoms with Crippen LogP contribution in [0.2, 0.25) is 0 Å². The van der Waals surface area contributed by atoms with Gasteiger partial charge in [0.15, 0.2) is 0 Å². The highest BCUT2D eigenvalue weighted by Gasteiger charge is 2.31. The smallest absolute Gasteiger partial charge is 0.252 e. The first-order valence-electron chi connectivity index (χ1n) is 6.48. The van der Waals surface area contributed by atoms with E-state index in [0.29, 0.717) is 5.56 Å². The Balaban J connectivity index is 1.73. The number of carbonyl (C=O) groups is 1. The molecule has 2 heterocycles. The molecule has 18 heavy (non-hydrogen) atoms. The number of nitrogens with zero attached hydrogens (tertiary/aromatic N) is 3. The van der Waals surface area contributed by atoms with E-state index in [1.54, 1.807) is 12.4 Å². The van der Waals surface area contributed by atoms with E-state index >= 15 is 0 Å². The maximum atomic E-state index is 11.4. The van der Waals surface area contributed by atoms with Gasteiger partial charge in [-0.15, -0.1) is 0 Å². The Morgan fingerprint density at radius 2 is 2.00 bits per heavy atom. The third-order valence-electron chi connectivity index (χ3n) is 3.78. The molecule has 0 aromatic carbocycles. The highest BCUT2D eigenvalue weighted by atomic mass is 16.1. The second kappa shape index (κ2) is 4.57. The Kier molecular flexibility index (Phi) is 2.91. The molecule has 1 aromatic rings. The maximum absolute atomic E-state index is 11.4. The molecule has 1 aromatic heterocycles. The fourth-order valence-corrected chi connectivity index (χ4v) is 2.62. The molecular formula is C13H18N4O. The summed E-state index contributed by atoms with van der Waals surface area (Å²) < 4.78 is 0. The molecule has 3 rings (SSSR count). The summed E-state index contributed by atoms with van der Waals surface area (Å²) in [4.78, 5) is 20.1. The predicted octanol–water partition coefficient (Wildman–Crippen LogP) is 0.465. The van der Waals surface area contributed by atoms with Crippen LogP contribution in [0.15, 0.2) is 18.5 Å². The van der Waals surface area contributed by atoms with Crippen molar-refractivity contribution < 1.29 is 4.79 Å². The van der Waals surface area contributed by atoms with E-state index in [0.717, 1.165) is 37.9 Å². The number of amides is 1. The molecule has 1 saturated heterocycles. The molecule has 0 bridgehead atoms. The van der Waals surface area contributed by atoms with Crippen molar-refractivity contribution in [1.82, 2.24) is 9.88 Å². The monoisotopic (exact) mass is 246 g/mol. The van der Waals surface area contributed by atoms with Gasteiger partial charge in [-0.05, 0) is 18.9 Å². The summed E-state index contributed by atoms with van der Waals surface area (Å²) in [5.41, 5.74) is 6.84. The molecule has 2 fully saturated rings. The third kappa shape index (κ3) is 2.18. The van der Waals surface area contributed by atoms with Crippen molar-refractivity contribution in [3.05, 3.63) is 24.0 Å². The summed E-state index contributed by atoms with van der Waals surface area (Å²) in [6.07, 6.45) is 5.98. The number of rotatable bonds is 3. The Morgan fingerprint density at radius 3 is 2.61 bits per heavy atom. The zero-order valence-corrected chi connectivity index (χ0v) is 10.4. The summed E-state index contributed by atoms with van der Waals surface area (Å²) in [7, 11) is 0. The minimum absolute atomic E-state index is 0.400. The van der Waals surface area contributed by atoms with E-state index in [1.807, 2.05) is 6.07 Å². The average molecular weight is 246 g/mol. The molecule has 1 aliphatic heterocycles. The second-order valence-electron chi connectivity index (χ2n) is 5.01. The summed E-state index contributed by atoms with van der Waals surface area (Å²) in [5.74, 6) is -0.400. The standard InChI is InChI=1S/C13H18N4O/c14-13(18)11-9-15-4-3-12(11)17-7-5-16(6-8-17)10-1-2-10/h3-4,9-10H,1-2,5-8H2,(H2,14,18). The number of piperazine rings is 1. The van der Waals surface area contributed by atoms with Crippen molar-refractivity contribution in [2.45, 2.75) is 18.9 Å². The van der Waals surface area contributed by atoms with Gasteiger partial charge in [0.25, 0.3) is 5.91 Å². The molecule has 0 radical (unpaired) electrons. The lowest BCUT2D eigenvalue weighted by Gasteiger charge is -2.36. The van der Waals surface area contributed by atoms with Crippen LogP contribution in [0.25, 0.3) is 0 Å². The highest BCUT2D eigenvalue weighted by molar-refractivity contribution is 5.98. The van der Waals surface area contributed by atoms with E-state index in [-0.39, 0.29) is 0 Å². The summed E-state index contributed by atoms with van der Waals surface area (Å²) >= 11 is 0. The number of primary amides is 1. The second-order valence-corrected chi connectivity index (χ2v) is 5.01. The van der Waals surface area contributed by atoms with Crippen LogP contribution in [0, 0.1) is 0 Å². The summed E-state index contributed by atoms with van der Waals surface area (Å²) in [6, 6.07) is 2.70. The SMILES string of the molecule is NC(=O)c1cnccc1N1CCN(C2CC2)CC1. The molecule has 1 amide bonds. The fraction of sp³-hybridized carbons (Fsp3) is 0.538. The molecule has 2 aliphatic rings. The lowest BCUT2D eigenvalue weighted by Crippen LogP contribution is -2.47. The van der Waals surface area contributed by atoms with Gasteiger partial charge in [0, 0.05) is 44.6 Å². The van der Waals surface area contributed by atoms with E-state index in [1.165, 1.54) is 12.8 Å². The molecule has 0 spiro atoms. The largest absolute Gasteiger partial charge is 0.368 e. The van der Waals surface area contributed by atoms with Gasteiger partial charge in [0.2, 0.25) is 0 Å². The van der Waals surface area contributed by atoms with Crippen molar-refractivity contribution in [2.75, 3.05) is 31.1 Å². The van der Waals surface area contributed by atoms with E-state index in [2.05, 4.69) is 14.8 Å². The van der Waals surface area contributed by atoms with Crippen LogP contribution in [-0.2, 0) is 0 Å². The van der Waals surface area contributed by atoms with Gasteiger partial charge < -0.3 is 10.6 Å². The van der Waals surface area contributed by atoms with Crippen LogP contribution in [-0.4, -0.2) is 48.0 Å². The number of nitrogens with two attached hydrogens (primary N) is 1. The van der Waals surface area contributed by atoms with Crippen LogP contribution >= 0.6 is 0 Å². The van der Waals surface area contributed by atoms with Gasteiger partial charge in [0.1, 0.15) is 0 Å². The van der Waals surface area contributed by atoms with Gasteiger partial charge in [-0.2, -0.15) is 0 Å². The zero-order valence-electron chi connectivity index (χ0n) is 10.4. The van der Waals surface area contributed by atoms with Crippen molar-refractivity contribution in [3.8, 4) is 0 Å². The summed E-state index contributed by atoms with van der Waals surface area (Å²) in [6.45, 7) is 4.07. The molecule has 0 atom stereocenters. The van der Waals surface area contributed by atoms with Crippen molar-refractivity contribution in [3.63, 3.8) is 0 Å². The van der Waals surface area contributed by atoms with Gasteiger partial charge >= 0.3 is 0 Å². The number of pyridine rings is 1. The van der Waals surface area contributed by atoms with Gasteiger partial charge in [-0.25, -0.2) is 0 Å². The van der Waals surface area contributed by atoms with Gasteiger partial charge in [-0.3, -0.25) is 14.7 Å². The Bertz CT molecular complexity index is 450. The molecule has 5 nitrogen and oxygen atoms in total. The van der Waals surface area contributed by atoms with Crippen LogP contribution in [0.4, 0.5) is 5.69 Å². The quantitative estimate of drug-likeness (QED) is 0.842. The summed E-state index contributed by atoms with van der Waals surface area (Å²) in [5, 5.41) is 0. The number of anilines is 1. The van der Waals surface area contributed by atoms with E-state index in [9.17, 15) is 4.79 Å². The number of carbonyl (C=O) groups excluding carboxylic acids is 1. The molecule has 5 heteroatoms. The number of hydrogen-bond donors (Lipinski definition) is 1. The zero-order chi connectivity index (χ0) is 12.5. The first-order valence-corrected chi connectivity index (χ1v) is 6.48. The Hall–Kier alpha value is -1.62. The molecule has 0 unspecified atom stereocenters. The van der Waals surface area contributed by atoms with Crippen molar-refractivity contribution in [1.29, 1.82) is 0 Å². The third-order valence-corrected chi connectivity index (χ3v) is 3.78. The Morgan fingerprint density at radius 1 is 1.28 bits per heavy atom. The van der Waals surface area contributed by atoms with E-state index < -0.39 is 5.91 Å². The van der Waals surface area contributed by atoms with Crippen LogP contribution in [0.3, 0.4) is 0 Å². The minimum atomic E-state index is -0.400. The average Bonchev–Trinajstić information content (AvgIpc) is 3.23. The van der Waals surface area contributed by atoms with Crippen molar-refractivity contribution in [2.24, 2.45) is 5.73 Å². The number of hydrogen-bond acceptors (Lipinski definition) is 4. The molecule has 1 aliphatic carbocycles. The fourth-order valence-electron chi connectivity index (χ4n) is 2.62. The van der Waals surface area contributed by atoms with E-state index in [4.69, 9.17) is 5.73 Å². The van der Waals surface area contributed by atoms with Crippen LogP contribution < -0.4 is 10.6 Å². The van der Waals surface area contributed by atoms with Crippen LogP contribution in [0.5, 0.6) is 0 Å². The number of aromatic nitrogens is 1. The predicted molar refractivity (Wildman–Crippen MR) is 69.6 cm³/mol. The normalized spacial score (nSPS) is 21.0. The van der Waals surface area contributed by atoms with Crippen molar-refractivity contribution >= 4 is 11.6 Å². The highest BCUT2D eigenvalue weighted by Crippen LogP contribution is 2.29. The molecule has 2 N–H and O–H groups in total. The van der Waals surface area contributed by atoms with Crippen LogP contribution in [0.1, 0.15) is 23.2 Å². The Labute approximate surface area is 107 Å². The lowest BCUT2D eigenvalue weighted by molar-refractivity contribution is 0.1000. The molecular weight excluding hydrogens is 228 g/mol. The molecule has 1 saturated carbocycles. The topological polar surface area (TPSA) is 62.5 Å². The van der Waals surface area contributed by atoms with Gasteiger partial charge in [-0.1, -0.05) is 0 Å².